The normalized spacial score (nSPS) is 11.8. The van der Waals surface area contributed by atoms with Crippen molar-refractivity contribution in [3.05, 3.63) is 24.2 Å². The van der Waals surface area contributed by atoms with E-state index in [0.717, 1.165) is 4.31 Å². The number of carbonyl (C=O) groups is 1. The van der Waals surface area contributed by atoms with E-state index in [1.807, 2.05) is 0 Å². The molecule has 0 bridgehead atoms. The maximum atomic E-state index is 11.5. The van der Waals surface area contributed by atoms with Crippen molar-refractivity contribution >= 4 is 16.1 Å². The summed E-state index contributed by atoms with van der Waals surface area (Å²) in [4.78, 5) is 13.0. The van der Waals surface area contributed by atoms with Crippen LogP contribution in [-0.4, -0.2) is 50.7 Å². The maximum Gasteiger partial charge on any atom is 0.278 e. The maximum absolute atomic E-state index is 11.5. The van der Waals surface area contributed by atoms with Crippen molar-refractivity contribution in [1.29, 1.82) is 0 Å². The van der Waals surface area contributed by atoms with E-state index in [2.05, 4.69) is 4.72 Å². The van der Waals surface area contributed by atoms with Gasteiger partial charge in [-0.25, -0.2) is 4.72 Å². The van der Waals surface area contributed by atoms with Crippen molar-refractivity contribution in [3.8, 4) is 0 Å². The van der Waals surface area contributed by atoms with Gasteiger partial charge in [0, 0.05) is 34.1 Å². The molecule has 0 radical (unpaired) electrons. The van der Waals surface area contributed by atoms with Crippen LogP contribution in [0, 0.1) is 0 Å². The van der Waals surface area contributed by atoms with E-state index in [4.69, 9.17) is 4.42 Å². The molecule has 1 N–H and O–H groups in total. The molecule has 0 atom stereocenters. The van der Waals surface area contributed by atoms with E-state index >= 15 is 0 Å². The second-order valence-corrected chi connectivity index (χ2v) is 6.17. The largest absolute Gasteiger partial charge is 0.467 e. The molecule has 0 aliphatic rings. The molecule has 19 heavy (non-hydrogen) atoms. The predicted molar refractivity (Wildman–Crippen MR) is 70.4 cm³/mol. The van der Waals surface area contributed by atoms with E-state index in [-0.39, 0.29) is 19.0 Å². The lowest BCUT2D eigenvalue weighted by Gasteiger charge is -2.20. The van der Waals surface area contributed by atoms with Gasteiger partial charge >= 0.3 is 0 Å². The molecule has 1 aromatic heterocycles. The van der Waals surface area contributed by atoms with Crippen LogP contribution < -0.4 is 4.72 Å². The molecule has 0 aromatic carbocycles. The highest BCUT2D eigenvalue weighted by Gasteiger charge is 2.15. The molecule has 0 fully saturated rings. The second-order valence-electron chi connectivity index (χ2n) is 4.20. The number of furan rings is 1. The first-order valence-electron chi connectivity index (χ1n) is 5.78. The van der Waals surface area contributed by atoms with Gasteiger partial charge in [0.1, 0.15) is 5.76 Å². The lowest BCUT2D eigenvalue weighted by atomic mass is 10.4. The Hall–Kier alpha value is -1.38. The van der Waals surface area contributed by atoms with Gasteiger partial charge in [-0.05, 0) is 12.1 Å². The van der Waals surface area contributed by atoms with Gasteiger partial charge in [-0.1, -0.05) is 0 Å². The molecule has 0 unspecified atom stereocenters. The minimum absolute atomic E-state index is 0.138. The summed E-state index contributed by atoms with van der Waals surface area (Å²) < 4.78 is 31.6. The number of rotatable bonds is 7. The fourth-order valence-electron chi connectivity index (χ4n) is 1.38. The van der Waals surface area contributed by atoms with E-state index < -0.39 is 10.2 Å². The molecular formula is C11H19N3O4S. The fraction of sp³-hybridized carbons (Fsp3) is 0.545. The summed E-state index contributed by atoms with van der Waals surface area (Å²) >= 11 is 0. The van der Waals surface area contributed by atoms with Gasteiger partial charge in [0.2, 0.25) is 5.91 Å². The molecule has 0 spiro atoms. The molecule has 1 rings (SSSR count). The summed E-state index contributed by atoms with van der Waals surface area (Å²) in [6.45, 7) is 2.19. The number of amides is 1. The average Bonchev–Trinajstić information content (AvgIpc) is 2.79. The average molecular weight is 289 g/mol. The molecule has 0 aliphatic carbocycles. The van der Waals surface area contributed by atoms with E-state index in [1.165, 1.54) is 32.2 Å². The van der Waals surface area contributed by atoms with Crippen LogP contribution in [0.3, 0.4) is 0 Å². The van der Waals surface area contributed by atoms with Crippen LogP contribution in [0.25, 0.3) is 0 Å². The van der Waals surface area contributed by atoms with Gasteiger partial charge < -0.3 is 9.32 Å². The highest BCUT2D eigenvalue weighted by Crippen LogP contribution is 2.05. The predicted octanol–water partition coefficient (Wildman–Crippen LogP) is 0.0241. The van der Waals surface area contributed by atoms with Crippen molar-refractivity contribution in [2.45, 2.75) is 13.5 Å². The standard InChI is InChI=1S/C11H19N3O4S/c1-10(15)14(9-11-5-4-8-18-11)7-6-12-19(16,17)13(2)3/h4-5,8,12H,6-7,9H2,1-3H3. The van der Waals surface area contributed by atoms with E-state index in [9.17, 15) is 13.2 Å². The van der Waals surface area contributed by atoms with Crippen molar-refractivity contribution in [2.24, 2.45) is 0 Å². The van der Waals surface area contributed by atoms with Crippen molar-refractivity contribution in [3.63, 3.8) is 0 Å². The molecule has 0 saturated carbocycles. The lowest BCUT2D eigenvalue weighted by Crippen LogP contribution is -2.41. The van der Waals surface area contributed by atoms with Crippen LogP contribution in [-0.2, 0) is 21.5 Å². The summed E-state index contributed by atoms with van der Waals surface area (Å²) in [5, 5.41) is 0. The second kappa shape index (κ2) is 6.69. The third-order valence-corrected chi connectivity index (χ3v) is 4.05. The molecule has 1 heterocycles. The number of carbonyl (C=O) groups excluding carboxylic acids is 1. The minimum atomic E-state index is -3.46. The van der Waals surface area contributed by atoms with Crippen LogP contribution in [0.5, 0.6) is 0 Å². The summed E-state index contributed by atoms with van der Waals surface area (Å²) in [5.74, 6) is 0.520. The monoisotopic (exact) mass is 289 g/mol. The van der Waals surface area contributed by atoms with Gasteiger partial charge in [0.25, 0.3) is 10.2 Å². The first-order valence-corrected chi connectivity index (χ1v) is 7.22. The summed E-state index contributed by atoms with van der Waals surface area (Å²) in [6, 6.07) is 3.50. The first-order chi connectivity index (χ1) is 8.83. The van der Waals surface area contributed by atoms with Crippen LogP contribution in [0.4, 0.5) is 0 Å². The SMILES string of the molecule is CC(=O)N(CCNS(=O)(=O)N(C)C)Cc1ccco1. The van der Waals surface area contributed by atoms with Crippen LogP contribution in [0.1, 0.15) is 12.7 Å². The zero-order valence-electron chi connectivity index (χ0n) is 11.3. The Morgan fingerprint density at radius 2 is 2.11 bits per heavy atom. The lowest BCUT2D eigenvalue weighted by molar-refractivity contribution is -0.129. The number of hydrogen-bond acceptors (Lipinski definition) is 4. The minimum Gasteiger partial charge on any atom is -0.467 e. The Morgan fingerprint density at radius 1 is 1.42 bits per heavy atom. The van der Waals surface area contributed by atoms with E-state index in [0.29, 0.717) is 12.3 Å². The smallest absolute Gasteiger partial charge is 0.278 e. The Morgan fingerprint density at radius 3 is 2.58 bits per heavy atom. The molecule has 7 nitrogen and oxygen atoms in total. The van der Waals surface area contributed by atoms with Gasteiger partial charge in [-0.15, -0.1) is 0 Å². The topological polar surface area (TPSA) is 82.9 Å². The Labute approximate surface area is 113 Å². The highest BCUT2D eigenvalue weighted by molar-refractivity contribution is 7.87. The first kappa shape index (κ1) is 15.7. The van der Waals surface area contributed by atoms with Gasteiger partial charge in [-0.2, -0.15) is 12.7 Å². The Kier molecular flexibility index (Phi) is 5.52. The Balaban J connectivity index is 2.50. The third-order valence-electron chi connectivity index (χ3n) is 2.52. The molecule has 1 aromatic rings. The van der Waals surface area contributed by atoms with Crippen molar-refractivity contribution < 1.29 is 17.6 Å². The van der Waals surface area contributed by atoms with Crippen molar-refractivity contribution in [2.75, 3.05) is 27.2 Å². The molecule has 0 aliphatic heterocycles. The molecule has 1 amide bonds. The summed E-state index contributed by atoms with van der Waals surface area (Å²) in [7, 11) is -0.583. The highest BCUT2D eigenvalue weighted by atomic mass is 32.2. The molecule has 8 heteroatoms. The number of nitrogens with zero attached hydrogens (tertiary/aromatic N) is 2. The molecule has 108 valence electrons. The quantitative estimate of drug-likeness (QED) is 0.767. The zero-order valence-corrected chi connectivity index (χ0v) is 12.1. The van der Waals surface area contributed by atoms with Gasteiger partial charge in [0.15, 0.2) is 0 Å². The fourth-order valence-corrected chi connectivity index (χ4v) is 1.98. The van der Waals surface area contributed by atoms with Crippen LogP contribution >= 0.6 is 0 Å². The van der Waals surface area contributed by atoms with Gasteiger partial charge in [0.05, 0.1) is 12.8 Å². The van der Waals surface area contributed by atoms with Crippen molar-refractivity contribution in [1.82, 2.24) is 13.9 Å². The third kappa shape index (κ3) is 5.01. The van der Waals surface area contributed by atoms with Gasteiger partial charge in [-0.3, -0.25) is 4.79 Å². The zero-order chi connectivity index (χ0) is 14.5. The molecular weight excluding hydrogens is 270 g/mol. The molecule has 0 saturated heterocycles. The summed E-state index contributed by atoms with van der Waals surface area (Å²) in [5.41, 5.74) is 0. The van der Waals surface area contributed by atoms with Crippen LogP contribution in [0.15, 0.2) is 22.8 Å². The number of nitrogens with one attached hydrogen (secondary N) is 1. The van der Waals surface area contributed by atoms with E-state index in [1.54, 1.807) is 12.1 Å². The summed E-state index contributed by atoms with van der Waals surface area (Å²) in [6.07, 6.45) is 1.53. The Bertz CT molecular complexity index is 496. The van der Waals surface area contributed by atoms with Crippen LogP contribution in [0.2, 0.25) is 0 Å². The number of hydrogen-bond donors (Lipinski definition) is 1.